The predicted molar refractivity (Wildman–Crippen MR) is 57.7 cm³/mol. The van der Waals surface area contributed by atoms with Crippen LogP contribution in [-0.4, -0.2) is 16.3 Å². The number of halogens is 1. The molecule has 0 radical (unpaired) electrons. The van der Waals surface area contributed by atoms with Crippen LogP contribution in [0.2, 0.25) is 0 Å². The first-order valence-electron chi connectivity index (χ1n) is 4.29. The minimum absolute atomic E-state index is 0.0343. The van der Waals surface area contributed by atoms with Gasteiger partial charge in [0, 0.05) is 16.5 Å². The Morgan fingerprint density at radius 3 is 2.94 bits per heavy atom. The maximum atomic E-state index is 13.4. The second kappa shape index (κ2) is 4.01. The van der Waals surface area contributed by atoms with Crippen molar-refractivity contribution in [1.29, 1.82) is 0 Å². The Bertz CT molecular complexity index is 555. The topological polar surface area (TPSA) is 68.2 Å². The zero-order valence-corrected chi connectivity index (χ0v) is 9.01. The van der Waals surface area contributed by atoms with Crippen molar-refractivity contribution in [3.63, 3.8) is 0 Å². The first-order valence-corrected chi connectivity index (χ1v) is 5.52. The van der Waals surface area contributed by atoms with Gasteiger partial charge in [0.1, 0.15) is 11.6 Å². The highest BCUT2D eigenvalue weighted by molar-refractivity contribution is 7.98. The second-order valence-corrected chi connectivity index (χ2v) is 3.82. The lowest BCUT2D eigenvalue weighted by Crippen LogP contribution is -2.04. The van der Waals surface area contributed by atoms with Crippen molar-refractivity contribution in [3.05, 3.63) is 34.3 Å². The van der Waals surface area contributed by atoms with Crippen molar-refractivity contribution in [2.75, 3.05) is 6.26 Å². The lowest BCUT2D eigenvalue weighted by atomic mass is 10.2. The summed E-state index contributed by atoms with van der Waals surface area (Å²) in [5.74, 6) is -0.432. The zero-order chi connectivity index (χ0) is 11.7. The molecule has 0 unspecified atom stereocenters. The van der Waals surface area contributed by atoms with E-state index >= 15 is 0 Å². The van der Waals surface area contributed by atoms with Gasteiger partial charge in [-0.15, -0.1) is 21.9 Å². The van der Waals surface area contributed by atoms with Crippen molar-refractivity contribution in [3.8, 4) is 5.75 Å². The Morgan fingerprint density at radius 2 is 2.31 bits per heavy atom. The van der Waals surface area contributed by atoms with Crippen LogP contribution >= 0.6 is 11.8 Å². The van der Waals surface area contributed by atoms with Crippen LogP contribution in [0, 0.1) is 15.9 Å². The minimum Gasteiger partial charge on any atom is -0.358 e. The molecule has 0 amide bonds. The summed E-state index contributed by atoms with van der Waals surface area (Å²) in [6, 6.07) is 2.37. The molecule has 0 saturated heterocycles. The molecule has 0 atom stereocenters. The number of aromatic amines is 1. The van der Waals surface area contributed by atoms with Crippen molar-refractivity contribution in [2.45, 2.75) is 4.90 Å². The van der Waals surface area contributed by atoms with Crippen LogP contribution in [0.3, 0.4) is 0 Å². The Kier molecular flexibility index (Phi) is 2.69. The highest BCUT2D eigenvalue weighted by Gasteiger charge is 2.14. The van der Waals surface area contributed by atoms with Crippen LogP contribution in [0.15, 0.2) is 23.2 Å². The van der Waals surface area contributed by atoms with Crippen molar-refractivity contribution < 1.29 is 14.3 Å². The summed E-state index contributed by atoms with van der Waals surface area (Å²) >= 11 is 1.35. The summed E-state index contributed by atoms with van der Waals surface area (Å²) in [7, 11) is 0. The summed E-state index contributed by atoms with van der Waals surface area (Å²) in [6.45, 7) is 0. The third-order valence-electron chi connectivity index (χ3n) is 2.10. The molecular formula is C9H7FN2O3S. The summed E-state index contributed by atoms with van der Waals surface area (Å²) in [6.07, 6.45) is 3.38. The Labute approximate surface area is 93.7 Å². The van der Waals surface area contributed by atoms with Crippen molar-refractivity contribution >= 4 is 22.7 Å². The summed E-state index contributed by atoms with van der Waals surface area (Å²) < 4.78 is 13.4. The second-order valence-electron chi connectivity index (χ2n) is 2.97. The van der Waals surface area contributed by atoms with Gasteiger partial charge in [-0.2, -0.15) is 0 Å². The molecule has 0 bridgehead atoms. The van der Waals surface area contributed by atoms with Gasteiger partial charge in [0.15, 0.2) is 0 Å². The molecule has 1 N–H and O–H groups in total. The van der Waals surface area contributed by atoms with Crippen LogP contribution < -0.4 is 4.84 Å². The van der Waals surface area contributed by atoms with Gasteiger partial charge in [-0.3, -0.25) is 4.84 Å². The standard InChI is InChI=1S/C9H7FN2O3S/c1-16-7-4-11-9-5(10)2-3-6(8(7)9)15-12(13)14/h2-4,11H,1H3. The molecule has 2 rings (SSSR count). The van der Waals surface area contributed by atoms with E-state index in [9.17, 15) is 14.5 Å². The van der Waals surface area contributed by atoms with Crippen molar-refractivity contribution in [2.24, 2.45) is 0 Å². The molecule has 0 fully saturated rings. The third-order valence-corrected chi connectivity index (χ3v) is 2.86. The van der Waals surface area contributed by atoms with Gasteiger partial charge in [0.25, 0.3) is 5.09 Å². The van der Waals surface area contributed by atoms with Gasteiger partial charge in [0.05, 0.1) is 5.52 Å². The van der Waals surface area contributed by atoms with Gasteiger partial charge in [-0.1, -0.05) is 0 Å². The maximum Gasteiger partial charge on any atom is 0.299 e. The zero-order valence-electron chi connectivity index (χ0n) is 8.19. The number of aromatic nitrogens is 1. The van der Waals surface area contributed by atoms with E-state index in [0.717, 1.165) is 6.07 Å². The number of nitrogens with one attached hydrogen (secondary N) is 1. The minimum atomic E-state index is -0.913. The molecule has 1 heterocycles. The average molecular weight is 242 g/mol. The van der Waals surface area contributed by atoms with E-state index < -0.39 is 10.9 Å². The van der Waals surface area contributed by atoms with Crippen LogP contribution in [0.4, 0.5) is 4.39 Å². The third kappa shape index (κ3) is 1.69. The number of H-pyrrole nitrogens is 1. The van der Waals surface area contributed by atoms with Crippen molar-refractivity contribution in [1.82, 2.24) is 4.98 Å². The van der Waals surface area contributed by atoms with E-state index in [1.54, 1.807) is 12.5 Å². The Morgan fingerprint density at radius 1 is 1.56 bits per heavy atom. The molecule has 7 heteroatoms. The Balaban J connectivity index is 2.68. The van der Waals surface area contributed by atoms with Gasteiger partial charge >= 0.3 is 0 Å². The summed E-state index contributed by atoms with van der Waals surface area (Å²) in [4.78, 5) is 18.1. The number of rotatable bonds is 3. The highest BCUT2D eigenvalue weighted by atomic mass is 32.2. The number of fused-ring (bicyclic) bond motifs is 1. The fourth-order valence-corrected chi connectivity index (χ4v) is 2.05. The van der Waals surface area contributed by atoms with Gasteiger partial charge in [-0.05, 0) is 18.4 Å². The van der Waals surface area contributed by atoms with E-state index in [-0.39, 0.29) is 11.3 Å². The number of hydrogen-bond acceptors (Lipinski definition) is 4. The Hall–Kier alpha value is -1.76. The average Bonchev–Trinajstić information content (AvgIpc) is 2.66. The predicted octanol–water partition coefficient (Wildman–Crippen LogP) is 2.60. The first kappa shape index (κ1) is 10.7. The smallest absolute Gasteiger partial charge is 0.299 e. The largest absolute Gasteiger partial charge is 0.358 e. The molecule has 0 saturated carbocycles. The molecule has 0 aliphatic rings. The number of thioether (sulfide) groups is 1. The maximum absolute atomic E-state index is 13.4. The normalized spacial score (nSPS) is 10.6. The molecule has 0 aliphatic heterocycles. The van der Waals surface area contributed by atoms with Gasteiger partial charge < -0.3 is 4.98 Å². The fraction of sp³-hybridized carbons (Fsp3) is 0.111. The van der Waals surface area contributed by atoms with E-state index in [0.29, 0.717) is 10.3 Å². The monoisotopic (exact) mass is 242 g/mol. The molecule has 1 aromatic carbocycles. The fourth-order valence-electron chi connectivity index (χ4n) is 1.47. The molecule has 0 spiro atoms. The summed E-state index contributed by atoms with van der Waals surface area (Å²) in [5, 5.41) is 9.77. The lowest BCUT2D eigenvalue weighted by Gasteiger charge is -2.02. The van der Waals surface area contributed by atoms with E-state index in [1.807, 2.05) is 0 Å². The van der Waals surface area contributed by atoms with Crippen LogP contribution in [0.1, 0.15) is 0 Å². The molecule has 2 aromatic rings. The SMILES string of the molecule is CSc1c[nH]c2c(F)ccc(O[N+](=O)[O-])c12. The molecule has 1 aromatic heterocycles. The van der Waals surface area contributed by atoms with E-state index in [4.69, 9.17) is 0 Å². The molecule has 16 heavy (non-hydrogen) atoms. The van der Waals surface area contributed by atoms with Gasteiger partial charge in [-0.25, -0.2) is 4.39 Å². The molecular weight excluding hydrogens is 235 g/mol. The lowest BCUT2D eigenvalue weighted by molar-refractivity contribution is -0.710. The van der Waals surface area contributed by atoms with E-state index in [1.165, 1.54) is 17.8 Å². The highest BCUT2D eigenvalue weighted by Crippen LogP contribution is 2.35. The van der Waals surface area contributed by atoms with Gasteiger partial charge in [0.2, 0.25) is 0 Å². The first-order chi connectivity index (χ1) is 7.63. The van der Waals surface area contributed by atoms with E-state index in [2.05, 4.69) is 9.82 Å². The van der Waals surface area contributed by atoms with Crippen LogP contribution in [0.5, 0.6) is 5.75 Å². The van der Waals surface area contributed by atoms with Crippen LogP contribution in [0.25, 0.3) is 10.9 Å². The quantitative estimate of drug-likeness (QED) is 0.510. The molecule has 5 nitrogen and oxygen atoms in total. The number of hydrogen-bond donors (Lipinski definition) is 1. The number of nitrogens with zero attached hydrogens (tertiary/aromatic N) is 1. The van der Waals surface area contributed by atoms with Crippen LogP contribution in [-0.2, 0) is 0 Å². The molecule has 84 valence electrons. The number of benzene rings is 1. The summed E-state index contributed by atoms with van der Waals surface area (Å²) in [5.41, 5.74) is 0.212. The molecule has 0 aliphatic carbocycles.